The van der Waals surface area contributed by atoms with Crippen molar-refractivity contribution in [2.45, 2.75) is 0 Å². The summed E-state index contributed by atoms with van der Waals surface area (Å²) in [6, 6.07) is 75.5. The zero-order valence-corrected chi connectivity index (χ0v) is 32.0. The smallest absolute Gasteiger partial charge is 0.143 e. The van der Waals surface area contributed by atoms with Gasteiger partial charge in [0, 0.05) is 55.8 Å². The second kappa shape index (κ2) is 13.4. The molecule has 0 unspecified atom stereocenters. The summed E-state index contributed by atoms with van der Waals surface area (Å²) < 4.78 is 13.4. The fraction of sp³-hybridized carbons (Fsp3) is 0. The highest BCUT2D eigenvalue weighted by Crippen LogP contribution is 2.48. The quantitative estimate of drug-likeness (QED) is 0.158. The number of hydrogen-bond acceptors (Lipinski definition) is 3. The van der Waals surface area contributed by atoms with Crippen molar-refractivity contribution in [2.24, 2.45) is 0 Å². The van der Waals surface area contributed by atoms with Crippen LogP contribution in [-0.4, -0.2) is 0 Å². The van der Waals surface area contributed by atoms with E-state index in [9.17, 15) is 0 Å². The van der Waals surface area contributed by atoms with E-state index >= 15 is 0 Å². The van der Waals surface area contributed by atoms with Crippen LogP contribution in [0.3, 0.4) is 0 Å². The van der Waals surface area contributed by atoms with E-state index in [-0.39, 0.29) is 0 Å². The minimum atomic E-state index is 0.856. The third kappa shape index (κ3) is 5.36. The van der Waals surface area contributed by atoms with Gasteiger partial charge in [-0.15, -0.1) is 0 Å². The van der Waals surface area contributed by atoms with E-state index in [1.807, 2.05) is 12.1 Å². The fourth-order valence-corrected chi connectivity index (χ4v) is 9.14. The fourth-order valence-electron chi connectivity index (χ4n) is 9.14. The number of nitrogens with zero attached hydrogens (tertiary/aromatic N) is 1. The lowest BCUT2D eigenvalue weighted by molar-refractivity contribution is 0.636. The van der Waals surface area contributed by atoms with Crippen LogP contribution in [0.25, 0.3) is 98.8 Å². The summed E-state index contributed by atoms with van der Waals surface area (Å²) in [5.74, 6) is 0.867. The first kappa shape index (κ1) is 33.3. The molecule has 0 spiro atoms. The molecule has 2 heterocycles. The molecule has 12 aromatic rings. The molecule has 0 aliphatic carbocycles. The van der Waals surface area contributed by atoms with Gasteiger partial charge in [-0.3, -0.25) is 0 Å². The molecule has 0 saturated heterocycles. The second-order valence-electron chi connectivity index (χ2n) is 15.2. The third-order valence-electron chi connectivity index (χ3n) is 11.9. The summed E-state index contributed by atoms with van der Waals surface area (Å²) >= 11 is 0. The van der Waals surface area contributed by atoms with Crippen LogP contribution in [0.2, 0.25) is 0 Å². The Hall–Kier alpha value is -7.88. The highest BCUT2D eigenvalue weighted by atomic mass is 16.3. The molecule has 0 bridgehead atoms. The van der Waals surface area contributed by atoms with E-state index in [1.54, 1.807) is 0 Å². The van der Waals surface area contributed by atoms with Gasteiger partial charge in [0.05, 0.1) is 0 Å². The minimum absolute atomic E-state index is 0.856. The minimum Gasteiger partial charge on any atom is -0.456 e. The standard InChI is InChI=1S/C56H35NO2/c1-2-14-39(15-3-1)55-53(54-49-21-8-6-18-45(49)46-19-7-9-22-50(46)56(54)59-55)38-27-31-41(32-28-38)57(42-33-34-48-47-20-10-11-24-51(47)58-52(48)35-42)40-29-25-37(26-30-40)44-23-12-16-36-13-4-5-17-43(36)44/h1-35H. The summed E-state index contributed by atoms with van der Waals surface area (Å²) in [5.41, 5.74) is 11.4. The highest BCUT2D eigenvalue weighted by molar-refractivity contribution is 6.28. The second-order valence-corrected chi connectivity index (χ2v) is 15.2. The first-order chi connectivity index (χ1) is 29.3. The first-order valence-electron chi connectivity index (χ1n) is 20.1. The molecule has 0 amide bonds. The number of para-hydroxylation sites is 1. The van der Waals surface area contributed by atoms with Gasteiger partial charge in [0.25, 0.3) is 0 Å². The molecular formula is C56H35NO2. The Labute approximate surface area is 340 Å². The number of anilines is 3. The highest BCUT2D eigenvalue weighted by Gasteiger charge is 2.23. The van der Waals surface area contributed by atoms with Crippen LogP contribution in [0.5, 0.6) is 0 Å². The van der Waals surface area contributed by atoms with Crippen LogP contribution >= 0.6 is 0 Å². The van der Waals surface area contributed by atoms with Gasteiger partial charge in [0.2, 0.25) is 0 Å². The first-order valence-corrected chi connectivity index (χ1v) is 20.1. The molecule has 0 atom stereocenters. The summed E-state index contributed by atoms with van der Waals surface area (Å²) in [7, 11) is 0. The summed E-state index contributed by atoms with van der Waals surface area (Å²) in [5, 5.41) is 10.5. The molecule has 12 rings (SSSR count). The average Bonchev–Trinajstić information content (AvgIpc) is 3.90. The van der Waals surface area contributed by atoms with Crippen molar-refractivity contribution in [3.63, 3.8) is 0 Å². The van der Waals surface area contributed by atoms with Gasteiger partial charge >= 0.3 is 0 Å². The van der Waals surface area contributed by atoms with E-state index in [1.165, 1.54) is 38.1 Å². The van der Waals surface area contributed by atoms with Crippen LogP contribution in [0, 0.1) is 0 Å². The van der Waals surface area contributed by atoms with Crippen molar-refractivity contribution in [3.8, 4) is 33.6 Å². The van der Waals surface area contributed by atoms with Crippen molar-refractivity contribution in [2.75, 3.05) is 4.90 Å². The lowest BCUT2D eigenvalue weighted by Gasteiger charge is -2.26. The maximum atomic E-state index is 7.00. The monoisotopic (exact) mass is 753 g/mol. The molecule has 3 nitrogen and oxygen atoms in total. The number of furan rings is 2. The van der Waals surface area contributed by atoms with E-state index in [2.05, 4.69) is 205 Å². The Morgan fingerprint density at radius 1 is 0.322 bits per heavy atom. The molecule has 0 saturated carbocycles. The predicted octanol–water partition coefficient (Wildman–Crippen LogP) is 16.3. The molecule has 0 aliphatic rings. The Bertz CT molecular complexity index is 3540. The Morgan fingerprint density at radius 2 is 0.881 bits per heavy atom. The van der Waals surface area contributed by atoms with Crippen molar-refractivity contribution >= 4 is 82.3 Å². The van der Waals surface area contributed by atoms with E-state index in [4.69, 9.17) is 8.83 Å². The van der Waals surface area contributed by atoms with Gasteiger partial charge in [-0.1, -0.05) is 164 Å². The maximum absolute atomic E-state index is 7.00. The molecule has 0 aliphatic heterocycles. The van der Waals surface area contributed by atoms with Crippen LogP contribution in [0.4, 0.5) is 17.1 Å². The molecular weight excluding hydrogens is 719 g/mol. The number of hydrogen-bond donors (Lipinski definition) is 0. The predicted molar refractivity (Wildman–Crippen MR) is 247 cm³/mol. The molecule has 0 fully saturated rings. The third-order valence-corrected chi connectivity index (χ3v) is 11.9. The normalized spacial score (nSPS) is 11.7. The van der Waals surface area contributed by atoms with Crippen molar-refractivity contribution in [1.29, 1.82) is 0 Å². The van der Waals surface area contributed by atoms with Gasteiger partial charge in [0.1, 0.15) is 22.5 Å². The van der Waals surface area contributed by atoms with Gasteiger partial charge in [-0.05, 0) is 86.1 Å². The Kier molecular flexibility index (Phi) is 7.54. The van der Waals surface area contributed by atoms with Gasteiger partial charge in [-0.2, -0.15) is 0 Å². The van der Waals surface area contributed by atoms with Gasteiger partial charge in [0.15, 0.2) is 0 Å². The molecule has 10 aromatic carbocycles. The Balaban J connectivity index is 1.04. The van der Waals surface area contributed by atoms with Crippen LogP contribution in [0.1, 0.15) is 0 Å². The Morgan fingerprint density at radius 3 is 1.64 bits per heavy atom. The van der Waals surface area contributed by atoms with E-state index in [0.717, 1.165) is 77.8 Å². The topological polar surface area (TPSA) is 29.5 Å². The molecule has 3 heteroatoms. The number of benzene rings is 10. The van der Waals surface area contributed by atoms with Gasteiger partial charge in [-0.25, -0.2) is 0 Å². The lowest BCUT2D eigenvalue weighted by Crippen LogP contribution is -2.09. The summed E-state index contributed by atoms with van der Waals surface area (Å²) in [6.07, 6.45) is 0. The molecule has 276 valence electrons. The van der Waals surface area contributed by atoms with Crippen LogP contribution in [-0.2, 0) is 0 Å². The zero-order valence-electron chi connectivity index (χ0n) is 32.0. The molecule has 59 heavy (non-hydrogen) atoms. The van der Waals surface area contributed by atoms with E-state index in [0.29, 0.717) is 0 Å². The average molecular weight is 754 g/mol. The van der Waals surface area contributed by atoms with E-state index < -0.39 is 0 Å². The molecule has 0 N–H and O–H groups in total. The number of fused-ring (bicyclic) bond motifs is 10. The van der Waals surface area contributed by atoms with Gasteiger partial charge < -0.3 is 13.7 Å². The molecule has 2 aromatic heterocycles. The lowest BCUT2D eigenvalue weighted by atomic mass is 9.92. The molecule has 0 radical (unpaired) electrons. The van der Waals surface area contributed by atoms with Crippen LogP contribution < -0.4 is 4.90 Å². The van der Waals surface area contributed by atoms with Crippen molar-refractivity contribution in [1.82, 2.24) is 0 Å². The largest absolute Gasteiger partial charge is 0.456 e. The maximum Gasteiger partial charge on any atom is 0.143 e. The van der Waals surface area contributed by atoms with Crippen molar-refractivity contribution in [3.05, 3.63) is 212 Å². The summed E-state index contributed by atoms with van der Waals surface area (Å²) in [6.45, 7) is 0. The van der Waals surface area contributed by atoms with Crippen LogP contribution in [0.15, 0.2) is 221 Å². The van der Waals surface area contributed by atoms with Crippen molar-refractivity contribution < 1.29 is 8.83 Å². The SMILES string of the molecule is c1ccc(-c2oc3c4ccccc4c4ccccc4c3c2-c2ccc(N(c3ccc(-c4cccc5ccccc45)cc3)c3ccc4c(c3)oc3ccccc34)cc2)cc1. The number of rotatable bonds is 6. The summed E-state index contributed by atoms with van der Waals surface area (Å²) in [4.78, 5) is 2.32. The zero-order chi connectivity index (χ0) is 38.9.